The molecule has 1 saturated carbocycles. The lowest BCUT2D eigenvalue weighted by molar-refractivity contribution is 0.302. The Morgan fingerprint density at radius 3 is 2.85 bits per heavy atom. The van der Waals surface area contributed by atoms with Crippen LogP contribution in [0.3, 0.4) is 0 Å². The summed E-state index contributed by atoms with van der Waals surface area (Å²) in [5.74, 6) is 0.958. The van der Waals surface area contributed by atoms with Crippen LogP contribution in [0.15, 0.2) is 12.4 Å². The first kappa shape index (κ1) is 8.35. The zero-order valence-electron chi connectivity index (χ0n) is 8.00. The molecule has 0 bridgehead atoms. The first-order valence-electron chi connectivity index (χ1n) is 4.60. The summed E-state index contributed by atoms with van der Waals surface area (Å²) in [7, 11) is 1.89. The van der Waals surface area contributed by atoms with Crippen molar-refractivity contribution in [1.82, 2.24) is 4.98 Å². The number of hydrogen-bond acceptors (Lipinski definition) is 3. The molecule has 0 spiro atoms. The lowest BCUT2D eigenvalue weighted by atomic mass is 10.2. The van der Waals surface area contributed by atoms with E-state index in [2.05, 4.69) is 10.3 Å². The Bertz CT molecular complexity index is 308. The maximum Gasteiger partial charge on any atom is 0.148 e. The van der Waals surface area contributed by atoms with Crippen LogP contribution >= 0.6 is 0 Å². The molecule has 3 nitrogen and oxygen atoms in total. The van der Waals surface area contributed by atoms with Gasteiger partial charge in [-0.05, 0) is 19.8 Å². The number of hydrogen-bond donors (Lipinski definition) is 1. The van der Waals surface area contributed by atoms with Crippen molar-refractivity contribution in [1.29, 1.82) is 0 Å². The second kappa shape index (κ2) is 3.24. The maximum absolute atomic E-state index is 5.78. The molecule has 3 heteroatoms. The SMILES string of the molecule is CNc1cncc(C)c1OC1CC1. The second-order valence-corrected chi connectivity index (χ2v) is 3.40. The second-order valence-electron chi connectivity index (χ2n) is 3.40. The summed E-state index contributed by atoms with van der Waals surface area (Å²) >= 11 is 0. The zero-order valence-corrected chi connectivity index (χ0v) is 8.00. The van der Waals surface area contributed by atoms with Gasteiger partial charge >= 0.3 is 0 Å². The standard InChI is InChI=1S/C10H14N2O/c1-7-5-12-6-9(11-2)10(7)13-8-3-4-8/h5-6,8,11H,3-4H2,1-2H3. The molecule has 0 aliphatic heterocycles. The number of anilines is 1. The van der Waals surface area contributed by atoms with Crippen LogP contribution in [0.4, 0.5) is 5.69 Å². The minimum Gasteiger partial charge on any atom is -0.488 e. The van der Waals surface area contributed by atoms with E-state index in [0.717, 1.165) is 17.0 Å². The molecule has 0 aromatic carbocycles. The van der Waals surface area contributed by atoms with Gasteiger partial charge in [-0.1, -0.05) is 0 Å². The molecule has 0 atom stereocenters. The average Bonchev–Trinajstić information content (AvgIpc) is 2.92. The molecule has 0 radical (unpaired) electrons. The summed E-state index contributed by atoms with van der Waals surface area (Å²) in [4.78, 5) is 4.10. The minimum atomic E-state index is 0.438. The molecule has 1 fully saturated rings. The molecule has 2 rings (SSSR count). The normalized spacial score (nSPS) is 15.5. The van der Waals surface area contributed by atoms with E-state index in [0.29, 0.717) is 6.10 Å². The molecule has 1 N–H and O–H groups in total. The van der Waals surface area contributed by atoms with Gasteiger partial charge in [0, 0.05) is 18.8 Å². The fourth-order valence-electron chi connectivity index (χ4n) is 1.24. The predicted molar refractivity (Wildman–Crippen MR) is 52.2 cm³/mol. The first-order valence-corrected chi connectivity index (χ1v) is 4.60. The third-order valence-corrected chi connectivity index (χ3v) is 2.15. The number of rotatable bonds is 3. The number of nitrogens with one attached hydrogen (secondary N) is 1. The number of nitrogens with zero attached hydrogens (tertiary/aromatic N) is 1. The molecule has 1 aromatic heterocycles. The Morgan fingerprint density at radius 2 is 2.23 bits per heavy atom. The third kappa shape index (κ3) is 1.74. The monoisotopic (exact) mass is 178 g/mol. The van der Waals surface area contributed by atoms with Crippen LogP contribution in [-0.2, 0) is 0 Å². The zero-order chi connectivity index (χ0) is 9.26. The van der Waals surface area contributed by atoms with Gasteiger partial charge in [0.1, 0.15) is 5.75 Å². The number of aromatic nitrogens is 1. The van der Waals surface area contributed by atoms with Crippen molar-refractivity contribution in [3.05, 3.63) is 18.0 Å². The molecule has 0 amide bonds. The van der Waals surface area contributed by atoms with E-state index < -0.39 is 0 Å². The van der Waals surface area contributed by atoms with Gasteiger partial charge < -0.3 is 10.1 Å². The van der Waals surface area contributed by atoms with Crippen molar-refractivity contribution in [2.45, 2.75) is 25.9 Å². The molecule has 1 aliphatic rings. The predicted octanol–water partition coefficient (Wildman–Crippen LogP) is 1.97. The van der Waals surface area contributed by atoms with E-state index >= 15 is 0 Å². The Morgan fingerprint density at radius 1 is 1.46 bits per heavy atom. The summed E-state index contributed by atoms with van der Waals surface area (Å²) < 4.78 is 5.78. The number of pyridine rings is 1. The molecule has 70 valence electrons. The van der Waals surface area contributed by atoms with Crippen LogP contribution in [0.25, 0.3) is 0 Å². The maximum atomic E-state index is 5.78. The van der Waals surface area contributed by atoms with Gasteiger partial charge in [0.15, 0.2) is 0 Å². The quantitative estimate of drug-likeness (QED) is 0.768. The topological polar surface area (TPSA) is 34.2 Å². The largest absolute Gasteiger partial charge is 0.488 e. The first-order chi connectivity index (χ1) is 6.31. The Kier molecular flexibility index (Phi) is 2.08. The van der Waals surface area contributed by atoms with Crippen molar-refractivity contribution in [3.63, 3.8) is 0 Å². The molecular weight excluding hydrogens is 164 g/mol. The Balaban J connectivity index is 2.27. The van der Waals surface area contributed by atoms with Gasteiger partial charge in [-0.2, -0.15) is 0 Å². The lowest BCUT2D eigenvalue weighted by Crippen LogP contribution is -2.02. The summed E-state index contributed by atoms with van der Waals surface area (Å²) in [6, 6.07) is 0. The van der Waals surface area contributed by atoms with Gasteiger partial charge in [-0.25, -0.2) is 0 Å². The van der Waals surface area contributed by atoms with E-state index in [1.807, 2.05) is 20.2 Å². The average molecular weight is 178 g/mol. The van der Waals surface area contributed by atoms with E-state index in [1.54, 1.807) is 6.20 Å². The van der Waals surface area contributed by atoms with Gasteiger partial charge in [-0.3, -0.25) is 4.98 Å². The van der Waals surface area contributed by atoms with Gasteiger partial charge in [0.2, 0.25) is 0 Å². The molecule has 1 aromatic rings. The molecule has 1 heterocycles. The Labute approximate surface area is 78.1 Å². The highest BCUT2D eigenvalue weighted by Gasteiger charge is 2.25. The van der Waals surface area contributed by atoms with Crippen molar-refractivity contribution in [3.8, 4) is 5.75 Å². The van der Waals surface area contributed by atoms with E-state index in [9.17, 15) is 0 Å². The van der Waals surface area contributed by atoms with Gasteiger partial charge in [0.25, 0.3) is 0 Å². The van der Waals surface area contributed by atoms with E-state index in [4.69, 9.17) is 4.74 Å². The van der Waals surface area contributed by atoms with Crippen LogP contribution in [-0.4, -0.2) is 18.1 Å². The third-order valence-electron chi connectivity index (χ3n) is 2.15. The van der Waals surface area contributed by atoms with Gasteiger partial charge in [-0.15, -0.1) is 0 Å². The molecule has 1 aliphatic carbocycles. The molecule has 0 unspecified atom stereocenters. The van der Waals surface area contributed by atoms with Crippen molar-refractivity contribution < 1.29 is 4.74 Å². The highest BCUT2D eigenvalue weighted by molar-refractivity contribution is 5.57. The molecular formula is C10H14N2O. The number of ether oxygens (including phenoxy) is 1. The summed E-state index contributed by atoms with van der Waals surface area (Å²) in [5.41, 5.74) is 2.07. The highest BCUT2D eigenvalue weighted by atomic mass is 16.5. The molecule has 0 saturated heterocycles. The van der Waals surface area contributed by atoms with E-state index in [1.165, 1.54) is 12.8 Å². The van der Waals surface area contributed by atoms with Gasteiger partial charge in [0.05, 0.1) is 18.0 Å². The van der Waals surface area contributed by atoms with Crippen LogP contribution in [0.2, 0.25) is 0 Å². The smallest absolute Gasteiger partial charge is 0.148 e. The highest BCUT2D eigenvalue weighted by Crippen LogP contribution is 2.33. The minimum absolute atomic E-state index is 0.438. The summed E-state index contributed by atoms with van der Waals surface area (Å²) in [6.45, 7) is 2.02. The summed E-state index contributed by atoms with van der Waals surface area (Å²) in [5, 5.41) is 3.08. The van der Waals surface area contributed by atoms with Crippen LogP contribution in [0.5, 0.6) is 5.75 Å². The fourth-order valence-corrected chi connectivity index (χ4v) is 1.24. The van der Waals surface area contributed by atoms with Crippen LogP contribution < -0.4 is 10.1 Å². The lowest BCUT2D eigenvalue weighted by Gasteiger charge is -2.12. The van der Waals surface area contributed by atoms with Crippen LogP contribution in [0.1, 0.15) is 18.4 Å². The Hall–Kier alpha value is -1.25. The van der Waals surface area contributed by atoms with E-state index in [-0.39, 0.29) is 0 Å². The fraction of sp³-hybridized carbons (Fsp3) is 0.500. The van der Waals surface area contributed by atoms with Crippen molar-refractivity contribution in [2.75, 3.05) is 12.4 Å². The summed E-state index contributed by atoms with van der Waals surface area (Å²) in [6.07, 6.45) is 6.44. The van der Waals surface area contributed by atoms with Crippen molar-refractivity contribution >= 4 is 5.69 Å². The van der Waals surface area contributed by atoms with Crippen LogP contribution in [0, 0.1) is 6.92 Å². The number of aryl methyl sites for hydroxylation is 1. The molecule has 13 heavy (non-hydrogen) atoms. The van der Waals surface area contributed by atoms with Crippen molar-refractivity contribution in [2.24, 2.45) is 0 Å².